The summed E-state index contributed by atoms with van der Waals surface area (Å²) >= 11 is 5.88. The van der Waals surface area contributed by atoms with Crippen molar-refractivity contribution in [3.05, 3.63) is 52.5 Å². The maximum absolute atomic E-state index is 12.1. The highest BCUT2D eigenvalue weighted by atomic mass is 35.5. The number of nitrogen functional groups attached to an aromatic ring is 1. The third-order valence-corrected chi connectivity index (χ3v) is 5.42. The van der Waals surface area contributed by atoms with Crippen molar-refractivity contribution in [1.82, 2.24) is 5.48 Å². The number of rotatable bonds is 14. The van der Waals surface area contributed by atoms with Crippen LogP contribution in [-0.2, 0) is 17.6 Å². The first kappa shape index (κ1) is 24.9. The number of carbonyl (C=O) groups is 1. The molecular weight excluding hydrogens is 412 g/mol. The van der Waals surface area contributed by atoms with E-state index in [4.69, 9.17) is 26.9 Å². The van der Waals surface area contributed by atoms with Gasteiger partial charge in [0.2, 0.25) is 0 Å². The molecule has 3 N–H and O–H groups in total. The largest absolute Gasteiger partial charge is 0.493 e. The van der Waals surface area contributed by atoms with Crippen molar-refractivity contribution >= 4 is 23.2 Å². The molecule has 0 radical (unpaired) electrons. The molecule has 2 aromatic carbocycles. The summed E-state index contributed by atoms with van der Waals surface area (Å²) in [6, 6.07) is 11.3. The molecule has 31 heavy (non-hydrogen) atoms. The number of nitrogens with two attached hydrogens (primary N) is 1. The fraction of sp³-hybridized carbons (Fsp3) is 0.480. The molecule has 170 valence electrons. The van der Waals surface area contributed by atoms with Gasteiger partial charge in [-0.15, -0.1) is 0 Å². The van der Waals surface area contributed by atoms with Crippen LogP contribution in [0.4, 0.5) is 5.69 Å². The fourth-order valence-electron chi connectivity index (χ4n) is 3.27. The lowest BCUT2D eigenvalue weighted by Gasteiger charge is -2.14. The zero-order valence-corrected chi connectivity index (χ0v) is 19.5. The van der Waals surface area contributed by atoms with Gasteiger partial charge < -0.3 is 15.3 Å². The van der Waals surface area contributed by atoms with E-state index in [2.05, 4.69) is 31.5 Å². The van der Waals surface area contributed by atoms with E-state index in [0.717, 1.165) is 25.0 Å². The van der Waals surface area contributed by atoms with Gasteiger partial charge in [-0.2, -0.15) is 5.48 Å². The predicted octanol–water partition coefficient (Wildman–Crippen LogP) is 6.27. The summed E-state index contributed by atoms with van der Waals surface area (Å²) in [6.07, 6.45) is 9.51. The van der Waals surface area contributed by atoms with Crippen molar-refractivity contribution in [2.45, 2.75) is 71.6 Å². The lowest BCUT2D eigenvalue weighted by atomic mass is 10.00. The number of carbonyl (C=O) groups excluding carboxylic acids is 1. The SMILES string of the molecule is CCCCCc1ccc(OCCC(=O)NOc2ccc(Cl)c(N)c2)c(CCCCC)c1. The molecule has 5 nitrogen and oxygen atoms in total. The summed E-state index contributed by atoms with van der Waals surface area (Å²) in [6.45, 7) is 4.71. The fourth-order valence-corrected chi connectivity index (χ4v) is 3.39. The minimum atomic E-state index is -0.266. The van der Waals surface area contributed by atoms with E-state index in [0.29, 0.717) is 16.5 Å². The molecule has 2 rings (SSSR count). The van der Waals surface area contributed by atoms with E-state index in [-0.39, 0.29) is 18.9 Å². The Morgan fingerprint density at radius 3 is 2.45 bits per heavy atom. The number of hydrogen-bond donors (Lipinski definition) is 2. The Kier molecular flexibility index (Phi) is 11.1. The van der Waals surface area contributed by atoms with Crippen molar-refractivity contribution in [1.29, 1.82) is 0 Å². The molecule has 0 aliphatic carbocycles. The Bertz CT molecular complexity index is 826. The molecule has 0 spiro atoms. The van der Waals surface area contributed by atoms with Gasteiger partial charge in [-0.3, -0.25) is 4.79 Å². The van der Waals surface area contributed by atoms with Crippen LogP contribution in [0.25, 0.3) is 0 Å². The predicted molar refractivity (Wildman–Crippen MR) is 128 cm³/mol. The summed E-state index contributed by atoms with van der Waals surface area (Å²) in [4.78, 5) is 17.3. The van der Waals surface area contributed by atoms with E-state index in [1.807, 2.05) is 6.07 Å². The summed E-state index contributed by atoms with van der Waals surface area (Å²) in [7, 11) is 0. The van der Waals surface area contributed by atoms with Crippen LogP contribution in [0.5, 0.6) is 11.5 Å². The summed E-state index contributed by atoms with van der Waals surface area (Å²) < 4.78 is 5.95. The first-order chi connectivity index (χ1) is 15.0. The minimum Gasteiger partial charge on any atom is -0.493 e. The van der Waals surface area contributed by atoms with Crippen LogP contribution >= 0.6 is 11.6 Å². The Balaban J connectivity index is 1.85. The summed E-state index contributed by atoms with van der Waals surface area (Å²) in [5.74, 6) is 1.03. The van der Waals surface area contributed by atoms with E-state index < -0.39 is 0 Å². The summed E-state index contributed by atoms with van der Waals surface area (Å²) in [5.41, 5.74) is 11.1. The highest BCUT2D eigenvalue weighted by Crippen LogP contribution is 2.25. The first-order valence-electron chi connectivity index (χ1n) is 11.3. The zero-order valence-electron chi connectivity index (χ0n) is 18.7. The minimum absolute atomic E-state index is 0.190. The normalized spacial score (nSPS) is 10.7. The average Bonchev–Trinajstić information content (AvgIpc) is 2.76. The van der Waals surface area contributed by atoms with Gasteiger partial charge in [0.15, 0.2) is 5.75 Å². The van der Waals surface area contributed by atoms with Gasteiger partial charge in [-0.25, -0.2) is 0 Å². The lowest BCUT2D eigenvalue weighted by Crippen LogP contribution is -2.28. The van der Waals surface area contributed by atoms with Crippen molar-refractivity contribution < 1.29 is 14.4 Å². The molecule has 0 aromatic heterocycles. The van der Waals surface area contributed by atoms with Gasteiger partial charge in [0.1, 0.15) is 5.75 Å². The molecule has 2 aromatic rings. The molecule has 0 saturated heterocycles. The number of anilines is 1. The van der Waals surface area contributed by atoms with Crippen molar-refractivity contribution in [2.75, 3.05) is 12.3 Å². The smallest absolute Gasteiger partial charge is 0.256 e. The standard InChI is InChI=1S/C25H35ClN2O3/c1-3-5-7-9-19-11-14-24(20(17-19)10-8-6-4-2)30-16-15-25(29)28-31-21-12-13-22(26)23(27)18-21/h11-14,17-18H,3-10,15-16,27H2,1-2H3,(H,28,29). The second-order valence-corrected chi connectivity index (χ2v) is 8.17. The first-order valence-corrected chi connectivity index (χ1v) is 11.7. The van der Waals surface area contributed by atoms with Crippen LogP contribution in [0.1, 0.15) is 69.9 Å². The van der Waals surface area contributed by atoms with Crippen LogP contribution < -0.4 is 20.8 Å². The molecule has 0 bridgehead atoms. The van der Waals surface area contributed by atoms with E-state index in [9.17, 15) is 4.79 Å². The van der Waals surface area contributed by atoms with Crippen molar-refractivity contribution in [3.8, 4) is 11.5 Å². The number of ether oxygens (including phenoxy) is 1. The van der Waals surface area contributed by atoms with Crippen molar-refractivity contribution in [2.24, 2.45) is 0 Å². The Morgan fingerprint density at radius 1 is 1.00 bits per heavy atom. The number of amides is 1. The maximum Gasteiger partial charge on any atom is 0.256 e. The number of unbranched alkanes of at least 4 members (excludes halogenated alkanes) is 4. The van der Waals surface area contributed by atoms with E-state index in [1.54, 1.807) is 18.2 Å². The number of benzene rings is 2. The zero-order chi connectivity index (χ0) is 22.5. The third kappa shape index (κ3) is 9.09. The van der Waals surface area contributed by atoms with Crippen LogP contribution in [0, 0.1) is 0 Å². The van der Waals surface area contributed by atoms with E-state index in [1.165, 1.54) is 43.2 Å². The van der Waals surface area contributed by atoms with Crippen LogP contribution in [0.2, 0.25) is 5.02 Å². The van der Waals surface area contributed by atoms with Gasteiger partial charge in [0, 0.05) is 6.07 Å². The lowest BCUT2D eigenvalue weighted by molar-refractivity contribution is -0.128. The number of hydrogen-bond acceptors (Lipinski definition) is 4. The van der Waals surface area contributed by atoms with Gasteiger partial charge in [0.05, 0.1) is 23.7 Å². The van der Waals surface area contributed by atoms with Crippen LogP contribution in [-0.4, -0.2) is 12.5 Å². The van der Waals surface area contributed by atoms with Crippen LogP contribution in [0.3, 0.4) is 0 Å². The van der Waals surface area contributed by atoms with Crippen LogP contribution in [0.15, 0.2) is 36.4 Å². The van der Waals surface area contributed by atoms with E-state index >= 15 is 0 Å². The van der Waals surface area contributed by atoms with Gasteiger partial charge >= 0.3 is 0 Å². The van der Waals surface area contributed by atoms with Gasteiger partial charge in [-0.05, 0) is 55.0 Å². The molecule has 0 fully saturated rings. The molecule has 6 heteroatoms. The van der Waals surface area contributed by atoms with Gasteiger partial charge in [-0.1, -0.05) is 63.3 Å². The van der Waals surface area contributed by atoms with Gasteiger partial charge in [0.25, 0.3) is 5.91 Å². The maximum atomic E-state index is 12.1. The number of hydroxylamine groups is 1. The number of aryl methyl sites for hydroxylation is 2. The number of nitrogens with one attached hydrogen (secondary N) is 1. The molecule has 0 saturated carbocycles. The van der Waals surface area contributed by atoms with Crippen molar-refractivity contribution in [3.63, 3.8) is 0 Å². The molecule has 0 aliphatic rings. The molecule has 0 heterocycles. The molecule has 0 unspecified atom stereocenters. The number of halogens is 1. The third-order valence-electron chi connectivity index (χ3n) is 5.08. The Morgan fingerprint density at radius 2 is 1.74 bits per heavy atom. The monoisotopic (exact) mass is 446 g/mol. The molecular formula is C25H35ClN2O3. The molecule has 1 amide bonds. The Hall–Kier alpha value is -2.40. The highest BCUT2D eigenvalue weighted by molar-refractivity contribution is 6.33. The quantitative estimate of drug-likeness (QED) is 0.204. The average molecular weight is 447 g/mol. The summed E-state index contributed by atoms with van der Waals surface area (Å²) in [5, 5.41) is 0.443. The Labute approximate surface area is 191 Å². The molecule has 0 atom stereocenters. The molecule has 0 aliphatic heterocycles. The second kappa shape index (κ2) is 13.8. The second-order valence-electron chi connectivity index (χ2n) is 7.77. The highest BCUT2D eigenvalue weighted by Gasteiger charge is 2.09. The topological polar surface area (TPSA) is 73.6 Å².